The number of ether oxygens (including phenoxy) is 2. The molecule has 1 aliphatic rings. The fourth-order valence-electron chi connectivity index (χ4n) is 3.38. The van der Waals surface area contributed by atoms with E-state index in [2.05, 4.69) is 0 Å². The number of hydrogen-bond acceptors (Lipinski definition) is 4. The summed E-state index contributed by atoms with van der Waals surface area (Å²) >= 11 is 0. The molecule has 28 heavy (non-hydrogen) atoms. The molecule has 1 amide bonds. The Hall–Kier alpha value is -3.09. The minimum absolute atomic E-state index is 0.105. The molecule has 0 radical (unpaired) electrons. The van der Waals surface area contributed by atoms with Crippen LogP contribution in [0.3, 0.4) is 0 Å². The van der Waals surface area contributed by atoms with Gasteiger partial charge in [0.15, 0.2) is 18.1 Å². The van der Waals surface area contributed by atoms with Crippen LogP contribution in [0.15, 0.2) is 42.5 Å². The van der Waals surface area contributed by atoms with Crippen molar-refractivity contribution in [1.29, 1.82) is 0 Å². The van der Waals surface area contributed by atoms with E-state index in [-0.39, 0.29) is 23.5 Å². The van der Waals surface area contributed by atoms with Crippen molar-refractivity contribution >= 4 is 11.9 Å². The van der Waals surface area contributed by atoms with Gasteiger partial charge in [0.2, 0.25) is 0 Å². The van der Waals surface area contributed by atoms with Crippen LogP contribution in [0.4, 0.5) is 4.39 Å². The number of carbonyl (C=O) groups excluding carboxylic acids is 1. The fourth-order valence-corrected chi connectivity index (χ4v) is 3.38. The van der Waals surface area contributed by atoms with E-state index in [1.807, 2.05) is 0 Å². The Morgan fingerprint density at radius 2 is 1.89 bits per heavy atom. The summed E-state index contributed by atoms with van der Waals surface area (Å²) in [7, 11) is 0. The molecule has 1 unspecified atom stereocenters. The van der Waals surface area contributed by atoms with E-state index in [4.69, 9.17) is 14.6 Å². The Kier molecular flexibility index (Phi) is 6.13. The average molecular weight is 387 g/mol. The topological polar surface area (TPSA) is 76.1 Å². The summed E-state index contributed by atoms with van der Waals surface area (Å²) in [4.78, 5) is 25.6. The lowest BCUT2D eigenvalue weighted by Gasteiger charge is -2.25. The third-order valence-electron chi connectivity index (χ3n) is 4.61. The second-order valence-corrected chi connectivity index (χ2v) is 6.49. The second kappa shape index (κ2) is 8.73. The van der Waals surface area contributed by atoms with Gasteiger partial charge in [-0.3, -0.25) is 4.79 Å². The van der Waals surface area contributed by atoms with Crippen LogP contribution in [0.2, 0.25) is 0 Å². The predicted octanol–water partition coefficient (Wildman–Crippen LogP) is 3.67. The Balaban J connectivity index is 1.83. The van der Waals surface area contributed by atoms with Crippen molar-refractivity contribution < 1.29 is 28.6 Å². The number of likely N-dealkylation sites (tertiary alicyclic amines) is 1. The zero-order chi connectivity index (χ0) is 20.1. The molecule has 0 aromatic heterocycles. The van der Waals surface area contributed by atoms with Gasteiger partial charge in [0.05, 0.1) is 12.6 Å². The molecule has 1 heterocycles. The third kappa shape index (κ3) is 4.42. The molecule has 0 aliphatic carbocycles. The number of benzene rings is 2. The number of carbonyl (C=O) groups is 2. The maximum absolute atomic E-state index is 13.2. The predicted molar refractivity (Wildman–Crippen MR) is 100 cm³/mol. The lowest BCUT2D eigenvalue weighted by molar-refractivity contribution is -0.139. The molecule has 7 heteroatoms. The summed E-state index contributed by atoms with van der Waals surface area (Å²) in [5.41, 5.74) is 1.33. The Labute approximate surface area is 162 Å². The normalized spacial score (nSPS) is 16.1. The van der Waals surface area contributed by atoms with Crippen LogP contribution in [0.1, 0.15) is 41.7 Å². The van der Waals surface area contributed by atoms with Crippen LogP contribution < -0.4 is 9.47 Å². The van der Waals surface area contributed by atoms with Gasteiger partial charge in [-0.15, -0.1) is 0 Å². The number of hydrogen-bond donors (Lipinski definition) is 1. The maximum Gasteiger partial charge on any atom is 0.341 e. The summed E-state index contributed by atoms with van der Waals surface area (Å²) in [6.45, 7) is 2.26. The molecule has 1 aliphatic heterocycles. The number of carboxylic acids is 1. The molecule has 6 nitrogen and oxygen atoms in total. The van der Waals surface area contributed by atoms with Gasteiger partial charge in [-0.2, -0.15) is 0 Å². The molecule has 2 aromatic carbocycles. The Morgan fingerprint density at radius 3 is 2.57 bits per heavy atom. The van der Waals surface area contributed by atoms with Crippen LogP contribution in [-0.2, 0) is 4.79 Å². The lowest BCUT2D eigenvalue weighted by atomic mass is 10.0. The van der Waals surface area contributed by atoms with Gasteiger partial charge >= 0.3 is 5.97 Å². The Bertz CT molecular complexity index is 852. The summed E-state index contributed by atoms with van der Waals surface area (Å²) < 4.78 is 24.0. The van der Waals surface area contributed by atoms with Gasteiger partial charge in [-0.1, -0.05) is 12.1 Å². The van der Waals surface area contributed by atoms with Gasteiger partial charge in [-0.25, -0.2) is 9.18 Å². The van der Waals surface area contributed by atoms with Crippen molar-refractivity contribution in [3.63, 3.8) is 0 Å². The molecule has 3 rings (SSSR count). The van der Waals surface area contributed by atoms with Crippen molar-refractivity contribution in [3.8, 4) is 11.5 Å². The van der Waals surface area contributed by atoms with Crippen molar-refractivity contribution in [2.24, 2.45) is 0 Å². The van der Waals surface area contributed by atoms with Gasteiger partial charge in [0.25, 0.3) is 5.91 Å². The first-order chi connectivity index (χ1) is 13.5. The number of aliphatic carboxylic acids is 1. The van der Waals surface area contributed by atoms with E-state index in [0.29, 0.717) is 24.5 Å². The highest BCUT2D eigenvalue weighted by Gasteiger charge is 2.31. The number of carboxylic acid groups (broad SMARTS) is 1. The molecule has 2 aromatic rings. The van der Waals surface area contributed by atoms with Crippen LogP contribution in [0.25, 0.3) is 0 Å². The summed E-state index contributed by atoms with van der Waals surface area (Å²) in [6.07, 6.45) is 1.68. The van der Waals surface area contributed by atoms with Crippen molar-refractivity contribution in [1.82, 2.24) is 4.90 Å². The molecule has 1 N–H and O–H groups in total. The first-order valence-electron chi connectivity index (χ1n) is 9.17. The molecular weight excluding hydrogens is 365 g/mol. The maximum atomic E-state index is 13.2. The Morgan fingerprint density at radius 1 is 1.14 bits per heavy atom. The smallest absolute Gasteiger partial charge is 0.341 e. The van der Waals surface area contributed by atoms with E-state index < -0.39 is 12.6 Å². The van der Waals surface area contributed by atoms with E-state index in [1.54, 1.807) is 42.2 Å². The molecule has 1 fully saturated rings. The quantitative estimate of drug-likeness (QED) is 0.785. The van der Waals surface area contributed by atoms with E-state index >= 15 is 0 Å². The zero-order valence-corrected chi connectivity index (χ0v) is 15.6. The third-order valence-corrected chi connectivity index (χ3v) is 4.61. The number of amides is 1. The first-order valence-corrected chi connectivity index (χ1v) is 9.17. The number of nitrogens with zero attached hydrogens (tertiary/aromatic N) is 1. The van der Waals surface area contributed by atoms with Gasteiger partial charge < -0.3 is 19.5 Å². The van der Waals surface area contributed by atoms with Gasteiger partial charge in [0.1, 0.15) is 5.82 Å². The van der Waals surface area contributed by atoms with E-state index in [9.17, 15) is 14.0 Å². The second-order valence-electron chi connectivity index (χ2n) is 6.49. The van der Waals surface area contributed by atoms with Crippen LogP contribution in [0, 0.1) is 5.82 Å². The number of rotatable bonds is 7. The van der Waals surface area contributed by atoms with Crippen LogP contribution >= 0.6 is 0 Å². The number of halogens is 1. The van der Waals surface area contributed by atoms with Crippen molar-refractivity contribution in [2.45, 2.75) is 25.8 Å². The molecule has 1 atom stereocenters. The van der Waals surface area contributed by atoms with Crippen LogP contribution in [-0.4, -0.2) is 41.6 Å². The first kappa shape index (κ1) is 19.7. The molecule has 0 bridgehead atoms. The summed E-state index contributed by atoms with van der Waals surface area (Å²) in [6, 6.07) is 10.8. The van der Waals surface area contributed by atoms with Crippen molar-refractivity contribution in [3.05, 3.63) is 59.4 Å². The minimum atomic E-state index is -1.10. The summed E-state index contributed by atoms with van der Waals surface area (Å²) in [5, 5.41) is 8.79. The van der Waals surface area contributed by atoms with E-state index in [0.717, 1.165) is 18.4 Å². The molecular formula is C21H22FNO5. The molecule has 0 spiro atoms. The van der Waals surface area contributed by atoms with E-state index in [1.165, 1.54) is 12.1 Å². The van der Waals surface area contributed by atoms with Gasteiger partial charge in [-0.05, 0) is 55.7 Å². The highest BCUT2D eigenvalue weighted by Crippen LogP contribution is 2.35. The molecule has 0 saturated carbocycles. The minimum Gasteiger partial charge on any atom is -0.490 e. The van der Waals surface area contributed by atoms with Gasteiger partial charge in [0, 0.05) is 12.1 Å². The molecule has 1 saturated heterocycles. The highest BCUT2D eigenvalue weighted by molar-refractivity contribution is 5.95. The monoisotopic (exact) mass is 387 g/mol. The molecule has 148 valence electrons. The summed E-state index contributed by atoms with van der Waals surface area (Å²) in [5.74, 6) is -0.957. The average Bonchev–Trinajstić information content (AvgIpc) is 3.17. The largest absolute Gasteiger partial charge is 0.490 e. The fraction of sp³-hybridized carbons (Fsp3) is 0.333. The zero-order valence-electron chi connectivity index (χ0n) is 15.6. The lowest BCUT2D eigenvalue weighted by Crippen LogP contribution is -2.30. The van der Waals surface area contributed by atoms with Crippen LogP contribution in [0.5, 0.6) is 11.5 Å². The van der Waals surface area contributed by atoms with Crippen molar-refractivity contribution in [2.75, 3.05) is 19.8 Å². The highest BCUT2D eigenvalue weighted by atomic mass is 19.1. The standard InChI is InChI=1S/C21H22FNO5/c1-2-27-19-12-15(7-10-18(19)28-13-20(24)25)21(26)23-11-3-4-17(23)14-5-8-16(22)9-6-14/h5-10,12,17H,2-4,11,13H2,1H3,(H,24,25). The SMILES string of the molecule is CCOc1cc(C(=O)N2CCCC2c2ccc(F)cc2)ccc1OCC(=O)O.